The largest absolute Gasteiger partial charge is 0.312 e. The highest BCUT2D eigenvalue weighted by atomic mass is 127. The summed E-state index contributed by atoms with van der Waals surface area (Å²) in [7, 11) is 1.72. The van der Waals surface area contributed by atoms with Crippen LogP contribution in [0.1, 0.15) is 0 Å². The zero-order valence-electron chi connectivity index (χ0n) is 3.93. The molecule has 0 aromatic carbocycles. The third-order valence-electron chi connectivity index (χ3n) is 0.310. The van der Waals surface area contributed by atoms with E-state index in [1.165, 1.54) is 6.34 Å². The Morgan fingerprint density at radius 3 is 2.86 bits per heavy atom. The van der Waals surface area contributed by atoms with Crippen molar-refractivity contribution in [3.05, 3.63) is 0 Å². The van der Waals surface area contributed by atoms with Gasteiger partial charge in [0, 0.05) is 7.05 Å². The van der Waals surface area contributed by atoms with Gasteiger partial charge in [0.25, 0.3) is 0 Å². The Morgan fingerprint density at radius 2 is 2.43 bits per heavy atom. The van der Waals surface area contributed by atoms with E-state index in [4.69, 9.17) is 0 Å². The fraction of sp³-hybridized carbons (Fsp3) is 0.333. The van der Waals surface area contributed by atoms with Gasteiger partial charge in [-0.25, -0.2) is 4.99 Å². The lowest BCUT2D eigenvalue weighted by Gasteiger charge is -1.77. The van der Waals surface area contributed by atoms with E-state index in [1.807, 2.05) is 22.6 Å². The molecule has 0 rings (SSSR count). The first kappa shape index (κ1) is 6.87. The fourth-order valence-electron chi connectivity index (χ4n) is 0.116. The molecular formula is C3H6IN3. The predicted octanol–water partition coefficient (Wildman–Crippen LogP) is 0.612. The molecule has 4 heteroatoms. The SMILES string of the molecule is CN/N=C\N=C/I. The highest BCUT2D eigenvalue weighted by Crippen LogP contribution is 1.66. The maximum Gasteiger partial charge on any atom is 0.135 e. The van der Waals surface area contributed by atoms with E-state index >= 15 is 0 Å². The van der Waals surface area contributed by atoms with Crippen LogP contribution in [0.15, 0.2) is 10.1 Å². The molecular weight excluding hydrogens is 205 g/mol. The summed E-state index contributed by atoms with van der Waals surface area (Å²) in [6.45, 7) is 0. The van der Waals surface area contributed by atoms with Crippen molar-refractivity contribution in [3.8, 4) is 0 Å². The molecule has 0 saturated heterocycles. The Morgan fingerprint density at radius 1 is 1.71 bits per heavy atom. The second-order valence-electron chi connectivity index (χ2n) is 0.715. The van der Waals surface area contributed by atoms with Crippen molar-refractivity contribution in [2.45, 2.75) is 0 Å². The van der Waals surface area contributed by atoms with E-state index in [0.29, 0.717) is 0 Å². The summed E-state index contributed by atoms with van der Waals surface area (Å²) in [6, 6.07) is 0. The summed E-state index contributed by atoms with van der Waals surface area (Å²) < 4.78 is 1.64. The van der Waals surface area contributed by atoms with Crippen LogP contribution in [0.25, 0.3) is 0 Å². The van der Waals surface area contributed by atoms with Crippen molar-refractivity contribution >= 4 is 33.2 Å². The van der Waals surface area contributed by atoms with E-state index in [1.54, 1.807) is 11.3 Å². The van der Waals surface area contributed by atoms with Gasteiger partial charge in [-0.1, -0.05) is 0 Å². The Hall–Kier alpha value is -0.130. The summed E-state index contributed by atoms with van der Waals surface area (Å²) in [4.78, 5) is 3.67. The van der Waals surface area contributed by atoms with Crippen molar-refractivity contribution in [1.29, 1.82) is 0 Å². The number of hydrogen-bond donors (Lipinski definition) is 1. The van der Waals surface area contributed by atoms with Crippen LogP contribution < -0.4 is 5.43 Å². The maximum atomic E-state index is 3.67. The molecule has 0 aromatic rings. The van der Waals surface area contributed by atoms with Crippen molar-refractivity contribution in [1.82, 2.24) is 5.43 Å². The smallest absolute Gasteiger partial charge is 0.135 e. The van der Waals surface area contributed by atoms with Gasteiger partial charge in [0.1, 0.15) is 6.34 Å². The molecule has 0 aliphatic rings. The van der Waals surface area contributed by atoms with Gasteiger partial charge < -0.3 is 5.43 Å². The van der Waals surface area contributed by atoms with Crippen LogP contribution in [-0.2, 0) is 0 Å². The number of halogens is 1. The number of hydrogen-bond acceptors (Lipinski definition) is 2. The average molecular weight is 211 g/mol. The van der Waals surface area contributed by atoms with Gasteiger partial charge in [-0.15, -0.1) is 0 Å². The molecule has 0 amide bonds. The van der Waals surface area contributed by atoms with Crippen LogP contribution in [0.5, 0.6) is 0 Å². The molecule has 0 radical (unpaired) electrons. The Bertz CT molecular complexity index is 78.2. The summed E-state index contributed by atoms with van der Waals surface area (Å²) in [6.07, 6.45) is 1.44. The van der Waals surface area contributed by atoms with Gasteiger partial charge in [0.05, 0.1) is 4.22 Å². The molecule has 0 atom stereocenters. The van der Waals surface area contributed by atoms with Gasteiger partial charge >= 0.3 is 0 Å². The standard InChI is InChI=1S/C3H6IN3/c1-5-7-3-6-2-4/h2-3,5H,1H3/b6-2-,7-3-. The second-order valence-corrected chi connectivity index (χ2v) is 1.27. The number of nitrogens with one attached hydrogen (secondary N) is 1. The van der Waals surface area contributed by atoms with Crippen molar-refractivity contribution < 1.29 is 0 Å². The molecule has 0 unspecified atom stereocenters. The first-order chi connectivity index (χ1) is 3.41. The zero-order chi connectivity index (χ0) is 5.54. The minimum atomic E-state index is 1.44. The van der Waals surface area contributed by atoms with Crippen LogP contribution >= 0.6 is 22.6 Å². The van der Waals surface area contributed by atoms with Gasteiger partial charge in [0.2, 0.25) is 0 Å². The molecule has 40 valence electrons. The molecule has 0 aliphatic carbocycles. The molecule has 0 bridgehead atoms. The lowest BCUT2D eigenvalue weighted by molar-refractivity contribution is 0.905. The van der Waals surface area contributed by atoms with Crippen LogP contribution in [0, 0.1) is 0 Å². The maximum absolute atomic E-state index is 3.67. The lowest BCUT2D eigenvalue weighted by Crippen LogP contribution is -1.91. The number of nitrogens with zero attached hydrogens (tertiary/aromatic N) is 2. The van der Waals surface area contributed by atoms with Gasteiger partial charge in [-0.05, 0) is 22.6 Å². The molecule has 0 spiro atoms. The monoisotopic (exact) mass is 211 g/mol. The topological polar surface area (TPSA) is 36.8 Å². The normalized spacial score (nSPS) is 11.1. The molecule has 0 aliphatic heterocycles. The van der Waals surface area contributed by atoms with Crippen LogP contribution in [0.2, 0.25) is 0 Å². The Kier molecular flexibility index (Phi) is 5.76. The minimum absolute atomic E-state index is 1.44. The molecule has 3 nitrogen and oxygen atoms in total. The second kappa shape index (κ2) is 5.87. The van der Waals surface area contributed by atoms with E-state index in [2.05, 4.69) is 15.5 Å². The van der Waals surface area contributed by atoms with E-state index in [9.17, 15) is 0 Å². The van der Waals surface area contributed by atoms with Crippen molar-refractivity contribution in [3.63, 3.8) is 0 Å². The Balaban J connectivity index is 3.09. The quantitative estimate of drug-likeness (QED) is 0.309. The molecule has 7 heavy (non-hydrogen) atoms. The lowest BCUT2D eigenvalue weighted by atomic mass is 11.3. The molecule has 0 fully saturated rings. The molecule has 0 aromatic heterocycles. The van der Waals surface area contributed by atoms with E-state index in [-0.39, 0.29) is 0 Å². The van der Waals surface area contributed by atoms with Crippen LogP contribution in [0.4, 0.5) is 0 Å². The third-order valence-corrected chi connectivity index (χ3v) is 0.631. The van der Waals surface area contributed by atoms with E-state index < -0.39 is 0 Å². The summed E-state index contributed by atoms with van der Waals surface area (Å²) in [5.74, 6) is 0. The first-order valence-corrected chi connectivity index (χ1v) is 2.96. The molecule has 1 N–H and O–H groups in total. The number of rotatable bonds is 2. The predicted molar refractivity (Wildman–Crippen MR) is 40.1 cm³/mol. The number of aliphatic imine (C=N–C) groups is 1. The minimum Gasteiger partial charge on any atom is -0.312 e. The van der Waals surface area contributed by atoms with Crippen LogP contribution in [-0.4, -0.2) is 17.6 Å². The Labute approximate surface area is 56.0 Å². The zero-order valence-corrected chi connectivity index (χ0v) is 6.08. The highest BCUT2D eigenvalue weighted by molar-refractivity contribution is 14.1. The molecule has 0 heterocycles. The average Bonchev–Trinajstić information content (AvgIpc) is 1.69. The fourth-order valence-corrected chi connectivity index (χ4v) is 0.260. The highest BCUT2D eigenvalue weighted by Gasteiger charge is 1.55. The van der Waals surface area contributed by atoms with Crippen molar-refractivity contribution in [2.75, 3.05) is 7.05 Å². The summed E-state index contributed by atoms with van der Waals surface area (Å²) >= 11 is 2.02. The van der Waals surface area contributed by atoms with Gasteiger partial charge in [-0.2, -0.15) is 5.10 Å². The summed E-state index contributed by atoms with van der Waals surface area (Å²) in [5.41, 5.74) is 2.55. The van der Waals surface area contributed by atoms with Gasteiger partial charge in [-0.3, -0.25) is 0 Å². The summed E-state index contributed by atoms with van der Waals surface area (Å²) in [5, 5.41) is 3.58. The van der Waals surface area contributed by atoms with E-state index in [0.717, 1.165) is 0 Å². The number of hydrazone groups is 1. The van der Waals surface area contributed by atoms with Crippen molar-refractivity contribution in [2.24, 2.45) is 10.1 Å². The van der Waals surface area contributed by atoms with Crippen LogP contribution in [0.3, 0.4) is 0 Å². The van der Waals surface area contributed by atoms with Gasteiger partial charge in [0.15, 0.2) is 0 Å². The molecule has 0 saturated carbocycles. The first-order valence-electron chi connectivity index (χ1n) is 1.72. The third kappa shape index (κ3) is 5.87.